The van der Waals surface area contributed by atoms with Gasteiger partial charge in [-0.3, -0.25) is 9.59 Å². The molecule has 106 valence electrons. The number of rotatable bonds is 6. The molecule has 1 unspecified atom stereocenters. The minimum atomic E-state index is -0.0337. The fourth-order valence-corrected chi connectivity index (χ4v) is 2.74. The van der Waals surface area contributed by atoms with Gasteiger partial charge >= 0.3 is 0 Å². The maximum atomic E-state index is 11.7. The first kappa shape index (κ1) is 16.1. The molecular formula is C13H19ClN2O2S. The van der Waals surface area contributed by atoms with Crippen molar-refractivity contribution in [2.45, 2.75) is 31.7 Å². The molecule has 2 heterocycles. The third-order valence-corrected chi connectivity index (χ3v) is 3.99. The van der Waals surface area contributed by atoms with Crippen molar-refractivity contribution >= 4 is 35.4 Å². The summed E-state index contributed by atoms with van der Waals surface area (Å²) in [5, 5.41) is 8.07. The number of hydrogen-bond acceptors (Lipinski definition) is 4. The van der Waals surface area contributed by atoms with Crippen LogP contribution in [0.3, 0.4) is 0 Å². The second-order valence-corrected chi connectivity index (χ2v) is 5.45. The van der Waals surface area contributed by atoms with Gasteiger partial charge in [0.1, 0.15) is 0 Å². The summed E-state index contributed by atoms with van der Waals surface area (Å²) in [5.41, 5.74) is 0. The Labute approximate surface area is 123 Å². The van der Waals surface area contributed by atoms with Gasteiger partial charge in [0.25, 0.3) is 0 Å². The third kappa shape index (κ3) is 5.30. The number of thiophene rings is 1. The Morgan fingerprint density at radius 2 is 2.26 bits per heavy atom. The van der Waals surface area contributed by atoms with Gasteiger partial charge in [0.05, 0.1) is 4.88 Å². The summed E-state index contributed by atoms with van der Waals surface area (Å²) < 4.78 is 0. The topological polar surface area (TPSA) is 58.2 Å². The molecule has 0 radical (unpaired) electrons. The number of carbonyl (C=O) groups excluding carboxylic acids is 2. The Morgan fingerprint density at radius 1 is 1.42 bits per heavy atom. The van der Waals surface area contributed by atoms with Crippen LogP contribution in [0.15, 0.2) is 17.5 Å². The van der Waals surface area contributed by atoms with Crippen molar-refractivity contribution in [3.8, 4) is 0 Å². The maximum Gasteiger partial charge on any atom is 0.220 e. The minimum Gasteiger partial charge on any atom is -0.355 e. The second kappa shape index (κ2) is 8.30. The van der Waals surface area contributed by atoms with Crippen LogP contribution in [0.25, 0.3) is 0 Å². The summed E-state index contributed by atoms with van der Waals surface area (Å²) in [4.78, 5) is 24.0. The number of carbonyl (C=O) groups is 2. The van der Waals surface area contributed by atoms with Crippen molar-refractivity contribution in [1.82, 2.24) is 10.6 Å². The smallest absolute Gasteiger partial charge is 0.220 e. The predicted molar refractivity (Wildman–Crippen MR) is 79.2 cm³/mol. The van der Waals surface area contributed by atoms with Crippen LogP contribution in [0, 0.1) is 0 Å². The van der Waals surface area contributed by atoms with Crippen molar-refractivity contribution in [2.24, 2.45) is 0 Å². The lowest BCUT2D eigenvalue weighted by Gasteiger charge is -2.11. The van der Waals surface area contributed by atoms with Gasteiger partial charge in [-0.25, -0.2) is 0 Å². The predicted octanol–water partition coefficient (Wildman–Crippen LogP) is 2.00. The van der Waals surface area contributed by atoms with E-state index >= 15 is 0 Å². The monoisotopic (exact) mass is 302 g/mol. The SMILES string of the molecule is Cl.O=C(CCC(=O)c1cccs1)NCC1CCCN1. The van der Waals surface area contributed by atoms with Crippen molar-refractivity contribution in [3.63, 3.8) is 0 Å². The summed E-state index contributed by atoms with van der Waals surface area (Å²) in [6.45, 7) is 1.71. The van der Waals surface area contributed by atoms with E-state index in [2.05, 4.69) is 10.6 Å². The van der Waals surface area contributed by atoms with Gasteiger partial charge in [0.15, 0.2) is 5.78 Å². The highest BCUT2D eigenvalue weighted by atomic mass is 35.5. The Hall–Kier alpha value is -0.910. The summed E-state index contributed by atoms with van der Waals surface area (Å²) in [6, 6.07) is 4.05. The molecule has 1 aromatic heterocycles. The van der Waals surface area contributed by atoms with Crippen molar-refractivity contribution in [2.75, 3.05) is 13.1 Å². The highest BCUT2D eigenvalue weighted by molar-refractivity contribution is 7.12. The van der Waals surface area contributed by atoms with E-state index in [1.807, 2.05) is 11.4 Å². The van der Waals surface area contributed by atoms with Crippen LogP contribution in [-0.2, 0) is 4.79 Å². The van der Waals surface area contributed by atoms with Crippen LogP contribution in [0.4, 0.5) is 0 Å². The second-order valence-electron chi connectivity index (χ2n) is 4.50. The molecule has 1 atom stereocenters. The Bertz CT molecular complexity index is 403. The molecule has 2 N–H and O–H groups in total. The molecule has 1 saturated heterocycles. The zero-order valence-electron chi connectivity index (χ0n) is 10.7. The van der Waals surface area contributed by atoms with E-state index in [9.17, 15) is 9.59 Å². The quantitative estimate of drug-likeness (QED) is 0.790. The first-order valence-electron chi connectivity index (χ1n) is 6.32. The minimum absolute atomic E-state index is 0. The largest absolute Gasteiger partial charge is 0.355 e. The van der Waals surface area contributed by atoms with Crippen LogP contribution in [-0.4, -0.2) is 30.8 Å². The van der Waals surface area contributed by atoms with Crippen LogP contribution in [0.5, 0.6) is 0 Å². The summed E-state index contributed by atoms with van der Waals surface area (Å²) in [6.07, 6.45) is 2.87. The fourth-order valence-electron chi connectivity index (χ4n) is 2.04. The normalized spacial score (nSPS) is 17.8. The zero-order valence-corrected chi connectivity index (χ0v) is 12.3. The highest BCUT2D eigenvalue weighted by Gasteiger charge is 2.15. The van der Waals surface area contributed by atoms with Gasteiger partial charge in [-0.15, -0.1) is 23.7 Å². The van der Waals surface area contributed by atoms with Gasteiger partial charge in [0.2, 0.25) is 5.91 Å². The summed E-state index contributed by atoms with van der Waals surface area (Å²) >= 11 is 1.43. The Kier molecular flexibility index (Phi) is 7.05. The van der Waals surface area contributed by atoms with E-state index in [-0.39, 0.29) is 30.5 Å². The van der Waals surface area contributed by atoms with Gasteiger partial charge in [-0.2, -0.15) is 0 Å². The molecule has 6 heteroatoms. The first-order chi connectivity index (χ1) is 8.75. The maximum absolute atomic E-state index is 11.7. The number of halogens is 1. The molecule has 1 amide bonds. The van der Waals surface area contributed by atoms with E-state index in [4.69, 9.17) is 0 Å². The Balaban J connectivity index is 0.00000180. The molecule has 0 aromatic carbocycles. The van der Waals surface area contributed by atoms with Crippen LogP contribution in [0.1, 0.15) is 35.4 Å². The number of hydrogen-bond donors (Lipinski definition) is 2. The molecule has 1 fully saturated rings. The summed E-state index contributed by atoms with van der Waals surface area (Å²) in [5.74, 6) is 0.0211. The average Bonchev–Trinajstić information content (AvgIpc) is 3.05. The van der Waals surface area contributed by atoms with Crippen LogP contribution >= 0.6 is 23.7 Å². The van der Waals surface area contributed by atoms with E-state index in [0.717, 1.165) is 17.8 Å². The average molecular weight is 303 g/mol. The fraction of sp³-hybridized carbons (Fsp3) is 0.538. The molecule has 0 spiro atoms. The van der Waals surface area contributed by atoms with Gasteiger partial charge in [0, 0.05) is 25.4 Å². The molecule has 0 bridgehead atoms. The third-order valence-electron chi connectivity index (χ3n) is 3.08. The van der Waals surface area contributed by atoms with E-state index < -0.39 is 0 Å². The van der Waals surface area contributed by atoms with E-state index in [1.54, 1.807) is 6.07 Å². The first-order valence-corrected chi connectivity index (χ1v) is 7.20. The number of Topliss-reactive ketones (excluding diaryl/α,β-unsaturated/α-hetero) is 1. The highest BCUT2D eigenvalue weighted by Crippen LogP contribution is 2.12. The lowest BCUT2D eigenvalue weighted by atomic mass is 10.2. The lowest BCUT2D eigenvalue weighted by Crippen LogP contribution is -2.37. The molecule has 0 saturated carbocycles. The van der Waals surface area contributed by atoms with Gasteiger partial charge < -0.3 is 10.6 Å². The number of ketones is 1. The van der Waals surface area contributed by atoms with Gasteiger partial charge in [-0.05, 0) is 30.8 Å². The molecule has 19 heavy (non-hydrogen) atoms. The van der Waals surface area contributed by atoms with Gasteiger partial charge in [-0.1, -0.05) is 6.07 Å². The number of amides is 1. The van der Waals surface area contributed by atoms with Crippen LogP contribution in [0.2, 0.25) is 0 Å². The van der Waals surface area contributed by atoms with Crippen molar-refractivity contribution in [3.05, 3.63) is 22.4 Å². The molecule has 2 rings (SSSR count). The summed E-state index contributed by atoms with van der Waals surface area (Å²) in [7, 11) is 0. The Morgan fingerprint density at radius 3 is 2.89 bits per heavy atom. The molecule has 1 aliphatic heterocycles. The van der Waals surface area contributed by atoms with Crippen molar-refractivity contribution in [1.29, 1.82) is 0 Å². The standard InChI is InChI=1S/C13H18N2O2S.ClH/c16-11(12-4-2-8-18-12)5-6-13(17)15-9-10-3-1-7-14-10;/h2,4,8,10,14H,1,3,5-7,9H2,(H,15,17);1H. The molecule has 1 aromatic rings. The molecule has 4 nitrogen and oxygen atoms in total. The van der Waals surface area contributed by atoms with Crippen molar-refractivity contribution < 1.29 is 9.59 Å². The molecular weight excluding hydrogens is 284 g/mol. The lowest BCUT2D eigenvalue weighted by molar-refractivity contribution is -0.121. The zero-order chi connectivity index (χ0) is 12.8. The molecule has 1 aliphatic rings. The van der Waals surface area contributed by atoms with Crippen LogP contribution < -0.4 is 10.6 Å². The number of nitrogens with one attached hydrogen (secondary N) is 2. The van der Waals surface area contributed by atoms with E-state index in [0.29, 0.717) is 19.0 Å². The van der Waals surface area contributed by atoms with E-state index in [1.165, 1.54) is 17.8 Å². The molecule has 0 aliphatic carbocycles.